The normalized spacial score (nSPS) is 10.8. The minimum atomic E-state index is -0.911. The zero-order chi connectivity index (χ0) is 16.5. The summed E-state index contributed by atoms with van der Waals surface area (Å²) >= 11 is 0. The Morgan fingerprint density at radius 3 is 2.12 bits per heavy atom. The van der Waals surface area contributed by atoms with Gasteiger partial charge in [0.25, 0.3) is 0 Å². The average molecular weight is 313 g/mol. The van der Waals surface area contributed by atoms with Crippen LogP contribution in [0.5, 0.6) is 0 Å². The van der Waals surface area contributed by atoms with Crippen molar-refractivity contribution in [1.29, 1.82) is 0 Å². The molecule has 0 aliphatic carbocycles. The van der Waals surface area contributed by atoms with Crippen molar-refractivity contribution >= 4 is 16.9 Å². The van der Waals surface area contributed by atoms with Crippen molar-refractivity contribution in [3.05, 3.63) is 90.5 Å². The number of fused-ring (bicyclic) bond motifs is 1. The molecule has 0 aliphatic rings. The molecule has 0 fully saturated rings. The molecule has 3 heteroatoms. The van der Waals surface area contributed by atoms with Gasteiger partial charge >= 0.3 is 5.97 Å². The smallest absolute Gasteiger partial charge is 0.335 e. The van der Waals surface area contributed by atoms with E-state index in [4.69, 9.17) is 0 Å². The lowest BCUT2D eigenvalue weighted by Gasteiger charge is -2.11. The molecule has 1 aromatic heterocycles. The Bertz CT molecular complexity index is 1020. The summed E-state index contributed by atoms with van der Waals surface area (Å²) in [7, 11) is 0. The molecule has 0 amide bonds. The summed E-state index contributed by atoms with van der Waals surface area (Å²) < 4.78 is 2.16. The molecule has 4 rings (SSSR count). The first-order valence-corrected chi connectivity index (χ1v) is 7.74. The van der Waals surface area contributed by atoms with Crippen LogP contribution in [0.1, 0.15) is 10.4 Å². The van der Waals surface area contributed by atoms with E-state index in [1.807, 2.05) is 48.5 Å². The Morgan fingerprint density at radius 1 is 0.792 bits per heavy atom. The molecular formula is C21H15NO2. The van der Waals surface area contributed by atoms with Crippen molar-refractivity contribution in [3.8, 4) is 16.9 Å². The van der Waals surface area contributed by atoms with E-state index in [-0.39, 0.29) is 0 Å². The summed E-state index contributed by atoms with van der Waals surface area (Å²) in [5, 5.41) is 10.2. The summed E-state index contributed by atoms with van der Waals surface area (Å²) in [6.45, 7) is 0. The van der Waals surface area contributed by atoms with E-state index in [1.54, 1.807) is 12.1 Å². The zero-order valence-corrected chi connectivity index (χ0v) is 12.9. The van der Waals surface area contributed by atoms with Crippen molar-refractivity contribution in [2.75, 3.05) is 0 Å². The molecular weight excluding hydrogens is 298 g/mol. The molecule has 0 saturated carbocycles. The first kappa shape index (κ1) is 14.3. The Hall–Kier alpha value is -3.33. The van der Waals surface area contributed by atoms with Crippen LogP contribution in [0.3, 0.4) is 0 Å². The third-order valence-electron chi connectivity index (χ3n) is 4.13. The zero-order valence-electron chi connectivity index (χ0n) is 12.9. The maximum Gasteiger partial charge on any atom is 0.335 e. The van der Waals surface area contributed by atoms with Gasteiger partial charge in [0, 0.05) is 11.1 Å². The van der Waals surface area contributed by atoms with Gasteiger partial charge in [-0.15, -0.1) is 0 Å². The van der Waals surface area contributed by atoms with Crippen LogP contribution in [0.2, 0.25) is 0 Å². The van der Waals surface area contributed by atoms with Crippen molar-refractivity contribution in [2.45, 2.75) is 0 Å². The summed E-state index contributed by atoms with van der Waals surface area (Å²) in [4.78, 5) is 11.3. The van der Waals surface area contributed by atoms with Crippen LogP contribution in [0.15, 0.2) is 84.9 Å². The highest BCUT2D eigenvalue weighted by Gasteiger charge is 2.14. The number of carboxylic acid groups (broad SMARTS) is 1. The van der Waals surface area contributed by atoms with Crippen LogP contribution >= 0.6 is 0 Å². The molecule has 1 heterocycles. The summed E-state index contributed by atoms with van der Waals surface area (Å²) in [5.74, 6) is -0.911. The van der Waals surface area contributed by atoms with Gasteiger partial charge in [-0.1, -0.05) is 48.5 Å². The van der Waals surface area contributed by atoms with E-state index >= 15 is 0 Å². The molecule has 4 aromatic rings. The number of hydrogen-bond donors (Lipinski definition) is 1. The minimum Gasteiger partial charge on any atom is -0.478 e. The summed E-state index contributed by atoms with van der Waals surface area (Å²) in [6, 6.07) is 27.5. The number of aromatic nitrogens is 1. The van der Waals surface area contributed by atoms with Gasteiger partial charge in [-0.05, 0) is 42.0 Å². The van der Waals surface area contributed by atoms with Gasteiger partial charge in [0.05, 0.1) is 16.8 Å². The fourth-order valence-corrected chi connectivity index (χ4v) is 3.02. The number of benzene rings is 3. The Morgan fingerprint density at radius 2 is 1.46 bits per heavy atom. The number of nitrogens with zero attached hydrogens (tertiary/aromatic N) is 1. The molecule has 0 aliphatic heterocycles. The first-order chi connectivity index (χ1) is 11.7. The number of aromatic carboxylic acids is 1. The maximum absolute atomic E-state index is 11.3. The molecule has 24 heavy (non-hydrogen) atoms. The third-order valence-corrected chi connectivity index (χ3v) is 4.13. The second-order valence-electron chi connectivity index (χ2n) is 5.65. The highest BCUT2D eigenvalue weighted by Crippen LogP contribution is 2.32. The van der Waals surface area contributed by atoms with Crippen molar-refractivity contribution in [1.82, 2.24) is 4.57 Å². The van der Waals surface area contributed by atoms with Crippen molar-refractivity contribution in [3.63, 3.8) is 0 Å². The standard InChI is InChI=1S/C21H15NO2/c23-21(24)16-11-12-19-17(13-16)14-20(15-7-3-1-4-8-15)22(19)18-9-5-2-6-10-18/h1-14H,(H,23,24). The highest BCUT2D eigenvalue weighted by atomic mass is 16.4. The van der Waals surface area contributed by atoms with Crippen LogP contribution in [-0.4, -0.2) is 15.6 Å². The largest absolute Gasteiger partial charge is 0.478 e. The van der Waals surface area contributed by atoms with Crippen LogP contribution in [-0.2, 0) is 0 Å². The second kappa shape index (κ2) is 5.70. The molecule has 3 nitrogen and oxygen atoms in total. The van der Waals surface area contributed by atoms with Gasteiger partial charge < -0.3 is 9.67 Å². The predicted octanol–water partition coefficient (Wildman–Crippen LogP) is 5.00. The van der Waals surface area contributed by atoms with Gasteiger partial charge in [-0.2, -0.15) is 0 Å². The van der Waals surface area contributed by atoms with E-state index in [0.29, 0.717) is 5.56 Å². The average Bonchev–Trinajstić information content (AvgIpc) is 3.01. The van der Waals surface area contributed by atoms with E-state index in [0.717, 1.165) is 27.8 Å². The molecule has 0 unspecified atom stereocenters. The van der Waals surface area contributed by atoms with E-state index in [2.05, 4.69) is 28.8 Å². The number of rotatable bonds is 3. The van der Waals surface area contributed by atoms with Gasteiger partial charge in [0.15, 0.2) is 0 Å². The number of carboxylic acids is 1. The molecule has 0 spiro atoms. The van der Waals surface area contributed by atoms with Gasteiger partial charge in [-0.25, -0.2) is 4.79 Å². The van der Waals surface area contributed by atoms with Gasteiger partial charge in [0.2, 0.25) is 0 Å². The molecule has 0 radical (unpaired) electrons. The fourth-order valence-electron chi connectivity index (χ4n) is 3.02. The lowest BCUT2D eigenvalue weighted by Crippen LogP contribution is -1.98. The molecule has 0 bridgehead atoms. The number of carbonyl (C=O) groups is 1. The molecule has 0 atom stereocenters. The van der Waals surface area contributed by atoms with Crippen LogP contribution in [0.25, 0.3) is 27.8 Å². The Kier molecular flexibility index (Phi) is 3.39. The fraction of sp³-hybridized carbons (Fsp3) is 0. The van der Waals surface area contributed by atoms with Gasteiger partial charge in [-0.3, -0.25) is 0 Å². The van der Waals surface area contributed by atoms with Crippen LogP contribution < -0.4 is 0 Å². The van der Waals surface area contributed by atoms with E-state index in [1.165, 1.54) is 0 Å². The monoisotopic (exact) mass is 313 g/mol. The highest BCUT2D eigenvalue weighted by molar-refractivity contribution is 5.96. The summed E-state index contributed by atoms with van der Waals surface area (Å²) in [5.41, 5.74) is 4.47. The second-order valence-corrected chi connectivity index (χ2v) is 5.65. The maximum atomic E-state index is 11.3. The third kappa shape index (κ3) is 2.36. The topological polar surface area (TPSA) is 42.2 Å². The molecule has 1 N–H and O–H groups in total. The quantitative estimate of drug-likeness (QED) is 0.578. The SMILES string of the molecule is O=C(O)c1ccc2c(c1)cc(-c1ccccc1)n2-c1ccccc1. The lowest BCUT2D eigenvalue weighted by atomic mass is 10.1. The first-order valence-electron chi connectivity index (χ1n) is 7.74. The number of hydrogen-bond acceptors (Lipinski definition) is 1. The lowest BCUT2D eigenvalue weighted by molar-refractivity contribution is 0.0697. The number of para-hydroxylation sites is 1. The molecule has 3 aromatic carbocycles. The van der Waals surface area contributed by atoms with Crippen LogP contribution in [0.4, 0.5) is 0 Å². The van der Waals surface area contributed by atoms with Gasteiger partial charge in [0.1, 0.15) is 0 Å². The minimum absolute atomic E-state index is 0.298. The van der Waals surface area contributed by atoms with Crippen molar-refractivity contribution in [2.24, 2.45) is 0 Å². The predicted molar refractivity (Wildman–Crippen MR) is 95.7 cm³/mol. The molecule has 116 valence electrons. The van der Waals surface area contributed by atoms with E-state index in [9.17, 15) is 9.90 Å². The molecule has 0 saturated heterocycles. The Balaban J connectivity index is 2.04. The van der Waals surface area contributed by atoms with E-state index < -0.39 is 5.97 Å². The van der Waals surface area contributed by atoms with Crippen LogP contribution in [0, 0.1) is 0 Å². The van der Waals surface area contributed by atoms with Crippen molar-refractivity contribution < 1.29 is 9.90 Å². The Labute approximate surface area is 139 Å². The summed E-state index contributed by atoms with van der Waals surface area (Å²) in [6.07, 6.45) is 0.